The Bertz CT molecular complexity index is 3210. The molecule has 0 aromatic heterocycles. The van der Waals surface area contributed by atoms with Crippen molar-refractivity contribution in [1.29, 1.82) is 0 Å². The average molecular weight is 1730 g/mol. The Hall–Kier alpha value is -4.37. The summed E-state index contributed by atoms with van der Waals surface area (Å²) in [6.45, 7) is -6.12. The second-order valence-corrected chi connectivity index (χ2v) is 29.7. The zero-order valence-corrected chi connectivity index (χ0v) is 63.1. The van der Waals surface area contributed by atoms with Crippen LogP contribution in [0.1, 0.15) is 34.1 Å². The number of carbonyl (C=O) groups is 5. The molecule has 9 fully saturated rings. The lowest BCUT2D eigenvalue weighted by Gasteiger charge is -2.50. The fraction of sp³-hybridized carbons (Fsp3) is 0.923. The van der Waals surface area contributed by atoms with Gasteiger partial charge in [-0.3, -0.25) is 19.2 Å². The highest BCUT2D eigenvalue weighted by atomic mass is 16.8. The van der Waals surface area contributed by atoms with Gasteiger partial charge in [0.1, 0.15) is 214 Å². The van der Waals surface area contributed by atoms with E-state index in [-0.39, 0.29) is 0 Å². The normalized spacial score (nSPS) is 47.6. The molecule has 682 valence electrons. The molecule has 118 heavy (non-hydrogen) atoms. The fourth-order valence-electron chi connectivity index (χ4n) is 14.9. The van der Waals surface area contributed by atoms with E-state index in [2.05, 4.69) is 21.3 Å². The lowest BCUT2D eigenvalue weighted by atomic mass is 9.88. The highest BCUT2D eigenvalue weighted by molar-refractivity contribution is 5.78. The van der Waals surface area contributed by atoms with Crippen LogP contribution in [0.25, 0.3) is 0 Å². The van der Waals surface area contributed by atoms with Crippen molar-refractivity contribution in [1.82, 2.24) is 21.3 Å². The maximum absolute atomic E-state index is 13.1. The quantitative estimate of drug-likeness (QED) is 0.0297. The van der Waals surface area contributed by atoms with Gasteiger partial charge >= 0.3 is 5.97 Å². The zero-order chi connectivity index (χ0) is 87.3. The Morgan fingerprint density at radius 2 is 0.780 bits per heavy atom. The van der Waals surface area contributed by atoms with Crippen molar-refractivity contribution >= 4 is 29.6 Å². The predicted molar refractivity (Wildman–Crippen MR) is 361 cm³/mol. The van der Waals surface area contributed by atoms with Crippen molar-refractivity contribution in [2.24, 2.45) is 0 Å². The van der Waals surface area contributed by atoms with Gasteiger partial charge in [-0.2, -0.15) is 0 Å². The van der Waals surface area contributed by atoms with E-state index in [0.29, 0.717) is 0 Å². The van der Waals surface area contributed by atoms with Crippen LogP contribution in [0.15, 0.2) is 0 Å². The summed E-state index contributed by atoms with van der Waals surface area (Å²) < 4.78 is 99.4. The number of nitrogens with one attached hydrogen (secondary N) is 4. The third-order valence-corrected chi connectivity index (χ3v) is 21.4. The maximum Gasteiger partial charge on any atom is 0.364 e. The Labute approximate surface area is 666 Å². The van der Waals surface area contributed by atoms with Crippen molar-refractivity contribution in [3.05, 3.63) is 0 Å². The molecule has 0 unspecified atom stereocenters. The van der Waals surface area contributed by atoms with Gasteiger partial charge in [-0.25, -0.2) is 4.79 Å². The number of hydrogen-bond donors (Lipinski definition) is 31. The van der Waals surface area contributed by atoms with Crippen LogP contribution in [0.4, 0.5) is 0 Å². The molecule has 9 heterocycles. The van der Waals surface area contributed by atoms with Crippen LogP contribution in [0.5, 0.6) is 0 Å². The number of carbonyl (C=O) groups excluding carboxylic acids is 4. The molecule has 0 radical (unpaired) electrons. The molecule has 46 atom stereocenters. The number of aliphatic hydroxyl groups is 26. The van der Waals surface area contributed by atoms with Crippen molar-refractivity contribution in [2.45, 2.75) is 316 Å². The van der Waals surface area contributed by atoms with E-state index >= 15 is 0 Å². The summed E-state index contributed by atoms with van der Waals surface area (Å²) in [6, 6.07) is -7.52. The molecule has 9 aliphatic rings. The molecular weight excluding hydrogens is 1620 g/mol. The smallest absolute Gasteiger partial charge is 0.364 e. The van der Waals surface area contributed by atoms with Crippen LogP contribution in [0.3, 0.4) is 0 Å². The molecule has 0 aromatic rings. The molecule has 53 nitrogen and oxygen atoms in total. The summed E-state index contributed by atoms with van der Waals surface area (Å²) >= 11 is 0. The summed E-state index contributed by atoms with van der Waals surface area (Å²) in [6.07, 6.45) is -86.9. The molecule has 0 bridgehead atoms. The van der Waals surface area contributed by atoms with Crippen molar-refractivity contribution in [3.63, 3.8) is 0 Å². The number of amides is 4. The summed E-state index contributed by atoms with van der Waals surface area (Å²) in [7, 11) is 0. The zero-order valence-electron chi connectivity index (χ0n) is 63.1. The first-order valence-corrected chi connectivity index (χ1v) is 37.3. The number of aliphatic carboxylic acids is 1. The van der Waals surface area contributed by atoms with Crippen molar-refractivity contribution < 1.29 is 242 Å². The minimum atomic E-state index is -3.13. The Morgan fingerprint density at radius 1 is 0.381 bits per heavy atom. The fourth-order valence-corrected chi connectivity index (χ4v) is 14.9. The van der Waals surface area contributed by atoms with Gasteiger partial charge < -0.3 is 240 Å². The number of ether oxygens (including phenoxy) is 17. The van der Waals surface area contributed by atoms with Crippen LogP contribution in [0.2, 0.25) is 0 Å². The van der Waals surface area contributed by atoms with E-state index in [0.717, 1.165) is 20.8 Å². The van der Waals surface area contributed by atoms with E-state index in [4.69, 9.17) is 80.5 Å². The third kappa shape index (κ3) is 21.6. The Kier molecular flexibility index (Phi) is 34.7. The minimum Gasteiger partial charge on any atom is -0.477 e. The van der Waals surface area contributed by atoms with Crippen molar-refractivity contribution in [3.8, 4) is 0 Å². The van der Waals surface area contributed by atoms with Gasteiger partial charge in [-0.15, -0.1) is 0 Å². The van der Waals surface area contributed by atoms with Crippen LogP contribution in [0, 0.1) is 0 Å². The van der Waals surface area contributed by atoms with E-state index in [9.17, 15) is 162 Å². The number of carboxylic acid groups (broad SMARTS) is 1. The van der Waals surface area contributed by atoms with Gasteiger partial charge in [0, 0.05) is 27.2 Å². The van der Waals surface area contributed by atoms with Crippen LogP contribution in [-0.2, 0) is 104 Å². The number of carboxylic acids is 1. The molecular formula is C65H108N4O49. The highest BCUT2D eigenvalue weighted by Gasteiger charge is 2.62. The van der Waals surface area contributed by atoms with Crippen LogP contribution >= 0.6 is 0 Å². The third-order valence-electron chi connectivity index (χ3n) is 21.4. The summed E-state index contributed by atoms with van der Waals surface area (Å²) in [5.41, 5.74) is 0. The van der Waals surface area contributed by atoms with Crippen LogP contribution < -0.4 is 21.3 Å². The monoisotopic (exact) mass is 1730 g/mol. The second-order valence-electron chi connectivity index (χ2n) is 29.7. The molecule has 31 N–H and O–H groups in total. The molecule has 0 aliphatic carbocycles. The number of rotatable bonds is 32. The molecule has 53 heteroatoms. The topological polar surface area (TPSA) is 837 Å². The van der Waals surface area contributed by atoms with E-state index in [1.807, 2.05) is 0 Å². The Balaban J connectivity index is 0.960. The standard InChI is InChI=1S/C65H108N4O49/c1-15-33(82)42(91)46(95)59(105-15)102-13-27-52(39(88)30(56(99)106-27)66-16(2)76)113-57-31(67-17(3)77)40(89)51(24(10-74)109-57)115-62-49(98)54(116-60-47(96)43(92)35(84)21(7-71)107-60)38(87)25(111-62)12-103-63-55(45(94)36(85)22(8-72)108-63)117-58-32(68-18(4)78)41(90)50(23(9-73)110-58)114-61-48(97)44(93)37(86)26(112-61)14-104-65(64(100)101)5-19(79)29(69-28(81)11-75)53(118-65)34(83)20(80)6-70/h15,19-27,29-63,70-75,79-80,82-99H,5-14H2,1-4H3,(H,66,76)(H,67,77)(H,68,78)(H,69,81)(H,100,101)/t15-,19+,20-,21-,22-,23-,24-,25-,26-,27-,29-,30-,31-,32-,33+,34-,35-,36-,37+,38-,39-,40-,41-,42+,43+,44+,45+,46-,47+,48-,49+,50-,51-,52-,53-,54+,55+,56-,57+,58+,59+,60-,61+,62+,63+,65-/m1/s1. The molecule has 9 rings (SSSR count). The van der Waals surface area contributed by atoms with E-state index in [1.54, 1.807) is 0 Å². The molecule has 0 aromatic carbocycles. The van der Waals surface area contributed by atoms with E-state index in [1.165, 1.54) is 6.92 Å². The number of aliphatic hydroxyl groups excluding tert-OH is 26. The number of hydrogen-bond acceptors (Lipinski definition) is 48. The van der Waals surface area contributed by atoms with Gasteiger partial charge in [0.2, 0.25) is 23.6 Å². The lowest BCUT2D eigenvalue weighted by molar-refractivity contribution is -0.389. The summed E-state index contributed by atoms with van der Waals surface area (Å²) in [5.74, 6) is -9.18. The second kappa shape index (κ2) is 42.1. The molecule has 0 saturated carbocycles. The molecule has 9 saturated heterocycles. The SMILES string of the molecule is CC(=O)N[C@@H]1[C@@H](O)[C@H](O[C@@H]2O[C@H](CO)[C@@H](O[C@@H]3O[C@H](CO[C@H]4O[C@H](CO)[C@@H](O)[C@H](O)[C@@H]4O[C@@H]4O[C@H](CO)[C@@H](O[C@@H]5O[C@H](CO[C@]6(C(=O)O)C[C@H](O)[C@@H](NC(=O)CO)[C@H]([C@H](O)[C@H](O)CO)O6)[C@H](O)[C@H](O)[C@H]5O)[C@H](O)[C@H]4NC(C)=O)[C@@H](O)[C@H](O[C@H]4O[C@H](CO)[C@@H](O)[C@H](O)[C@@H]4O)[C@@H]3O)[C@H](O)[C@H]2NC(C)=O)[C@@H](CO[C@H]2O[C@H](C)[C@H](O)[C@H](O)[C@H]2O)O[C@H]1O. The molecule has 0 spiro atoms. The minimum absolute atomic E-state index is 0.825. The largest absolute Gasteiger partial charge is 0.477 e. The summed E-state index contributed by atoms with van der Waals surface area (Å²) in [4.78, 5) is 63.6. The van der Waals surface area contributed by atoms with E-state index < -0.39 is 377 Å². The molecule has 9 aliphatic heterocycles. The predicted octanol–water partition coefficient (Wildman–Crippen LogP) is -20.8. The van der Waals surface area contributed by atoms with Gasteiger partial charge in [0.15, 0.2) is 50.3 Å². The Morgan fingerprint density at radius 3 is 1.28 bits per heavy atom. The first-order chi connectivity index (χ1) is 55.6. The lowest BCUT2D eigenvalue weighted by Crippen LogP contribution is -2.70. The average Bonchev–Trinajstić information content (AvgIpc) is 0.746. The van der Waals surface area contributed by atoms with Gasteiger partial charge in [0.05, 0.1) is 71.1 Å². The summed E-state index contributed by atoms with van der Waals surface area (Å²) in [5, 5.41) is 306. The highest BCUT2D eigenvalue weighted by Crippen LogP contribution is 2.40. The van der Waals surface area contributed by atoms with Gasteiger partial charge in [-0.1, -0.05) is 0 Å². The first kappa shape index (κ1) is 97.4. The van der Waals surface area contributed by atoms with Crippen molar-refractivity contribution in [2.75, 3.05) is 59.5 Å². The van der Waals surface area contributed by atoms with Crippen LogP contribution in [-0.4, -0.2) is 509 Å². The first-order valence-electron chi connectivity index (χ1n) is 37.3. The van der Waals surface area contributed by atoms with Gasteiger partial charge in [0.25, 0.3) is 5.79 Å². The molecule has 4 amide bonds. The maximum atomic E-state index is 13.1. The van der Waals surface area contributed by atoms with Gasteiger partial charge in [-0.05, 0) is 6.92 Å².